The Morgan fingerprint density at radius 2 is 2.10 bits per heavy atom. The molecule has 0 aliphatic rings. The molecule has 1 heterocycles. The summed E-state index contributed by atoms with van der Waals surface area (Å²) in [6.07, 6.45) is 1.41. The highest BCUT2D eigenvalue weighted by molar-refractivity contribution is 5.95. The van der Waals surface area contributed by atoms with Crippen molar-refractivity contribution in [3.8, 4) is 5.88 Å². The van der Waals surface area contributed by atoms with Gasteiger partial charge in [0.2, 0.25) is 5.88 Å². The molecule has 0 unspecified atom stereocenters. The van der Waals surface area contributed by atoms with Crippen molar-refractivity contribution in [2.75, 3.05) is 33.0 Å². The zero-order chi connectivity index (χ0) is 15.3. The molecule has 0 aliphatic carbocycles. The molecule has 0 aromatic carbocycles. The molecule has 0 spiro atoms. The average Bonchev–Trinajstić information content (AvgIpc) is 2.37. The van der Waals surface area contributed by atoms with Crippen molar-refractivity contribution < 1.29 is 14.3 Å². The fourth-order valence-electron chi connectivity index (χ4n) is 1.29. The molecule has 0 saturated carbocycles. The molecule has 1 rings (SSSR count). The molecule has 0 radical (unpaired) electrons. The molecule has 112 valence electrons. The molecule has 0 fully saturated rings. The van der Waals surface area contributed by atoms with Crippen molar-refractivity contribution in [2.45, 2.75) is 26.3 Å². The Labute approximate surface area is 119 Å². The summed E-state index contributed by atoms with van der Waals surface area (Å²) in [4.78, 5) is 17.9. The number of esters is 1. The first-order valence-corrected chi connectivity index (χ1v) is 6.50. The summed E-state index contributed by atoms with van der Waals surface area (Å²) in [7, 11) is 3.95. The van der Waals surface area contributed by atoms with Crippen molar-refractivity contribution in [3.05, 3.63) is 17.8 Å². The Morgan fingerprint density at radius 3 is 2.65 bits per heavy atom. The molecule has 1 aromatic heterocycles. The van der Waals surface area contributed by atoms with Crippen LogP contribution in [0.4, 0.5) is 5.69 Å². The minimum atomic E-state index is -0.468. The van der Waals surface area contributed by atoms with Gasteiger partial charge >= 0.3 is 5.97 Å². The molecule has 0 aliphatic heterocycles. The van der Waals surface area contributed by atoms with E-state index in [4.69, 9.17) is 15.2 Å². The van der Waals surface area contributed by atoms with Gasteiger partial charge in [0.1, 0.15) is 6.61 Å². The van der Waals surface area contributed by atoms with E-state index in [1.807, 2.05) is 14.1 Å². The van der Waals surface area contributed by atoms with E-state index in [-0.39, 0.29) is 16.8 Å². The number of rotatable bonds is 6. The minimum absolute atomic E-state index is 0.146. The third kappa shape index (κ3) is 4.09. The van der Waals surface area contributed by atoms with Crippen molar-refractivity contribution in [3.63, 3.8) is 0 Å². The van der Waals surface area contributed by atoms with Gasteiger partial charge in [-0.1, -0.05) is 0 Å². The Balaban J connectivity index is 2.83. The summed E-state index contributed by atoms with van der Waals surface area (Å²) in [6, 6.07) is 1.51. The normalized spacial score (nSPS) is 11.5. The van der Waals surface area contributed by atoms with Crippen LogP contribution in [-0.2, 0) is 4.74 Å². The SMILES string of the molecule is CCOC(=O)c1cc(OCC(C)(C)N(C)C)ncc1N. The first-order valence-electron chi connectivity index (χ1n) is 6.50. The van der Waals surface area contributed by atoms with E-state index in [1.165, 1.54) is 12.3 Å². The summed E-state index contributed by atoms with van der Waals surface area (Å²) < 4.78 is 10.6. The van der Waals surface area contributed by atoms with Crippen LogP contribution in [0.1, 0.15) is 31.1 Å². The number of ether oxygens (including phenoxy) is 2. The maximum atomic E-state index is 11.7. The van der Waals surface area contributed by atoms with Gasteiger partial charge < -0.3 is 20.1 Å². The van der Waals surface area contributed by atoms with Crippen LogP contribution in [0.15, 0.2) is 12.3 Å². The van der Waals surface area contributed by atoms with Gasteiger partial charge in [0.05, 0.1) is 24.1 Å². The van der Waals surface area contributed by atoms with Crippen LogP contribution in [0.3, 0.4) is 0 Å². The summed E-state index contributed by atoms with van der Waals surface area (Å²) in [6.45, 7) is 6.59. The number of anilines is 1. The number of hydrogen-bond donors (Lipinski definition) is 1. The van der Waals surface area contributed by atoms with Gasteiger partial charge in [-0.2, -0.15) is 0 Å². The molecule has 0 atom stereocenters. The molecular weight excluding hydrogens is 258 g/mol. The van der Waals surface area contributed by atoms with E-state index in [9.17, 15) is 4.79 Å². The topological polar surface area (TPSA) is 77.7 Å². The van der Waals surface area contributed by atoms with Crippen LogP contribution in [0.2, 0.25) is 0 Å². The van der Waals surface area contributed by atoms with Gasteiger partial charge in [-0.15, -0.1) is 0 Å². The smallest absolute Gasteiger partial charge is 0.340 e. The molecule has 2 N–H and O–H groups in total. The number of hydrogen-bond acceptors (Lipinski definition) is 6. The maximum absolute atomic E-state index is 11.7. The van der Waals surface area contributed by atoms with E-state index in [0.29, 0.717) is 19.1 Å². The lowest BCUT2D eigenvalue weighted by Crippen LogP contribution is -2.43. The monoisotopic (exact) mass is 281 g/mol. The summed E-state index contributed by atoms with van der Waals surface area (Å²) in [5.41, 5.74) is 6.14. The predicted octanol–water partition coefficient (Wildman–Crippen LogP) is 1.56. The Hall–Kier alpha value is -1.82. The molecule has 0 amide bonds. The lowest BCUT2D eigenvalue weighted by atomic mass is 10.1. The van der Waals surface area contributed by atoms with Gasteiger partial charge in [0.25, 0.3) is 0 Å². The van der Waals surface area contributed by atoms with E-state index in [2.05, 4.69) is 23.7 Å². The summed E-state index contributed by atoms with van der Waals surface area (Å²) in [5.74, 6) is -0.110. The second-order valence-electron chi connectivity index (χ2n) is 5.33. The molecule has 0 bridgehead atoms. The van der Waals surface area contributed by atoms with Crippen LogP contribution >= 0.6 is 0 Å². The van der Waals surface area contributed by atoms with Crippen LogP contribution in [0.25, 0.3) is 0 Å². The Bertz CT molecular complexity index is 473. The van der Waals surface area contributed by atoms with E-state index in [0.717, 1.165) is 0 Å². The molecule has 6 nitrogen and oxygen atoms in total. The highest BCUT2D eigenvalue weighted by Gasteiger charge is 2.22. The van der Waals surface area contributed by atoms with Crippen molar-refractivity contribution in [2.24, 2.45) is 0 Å². The van der Waals surface area contributed by atoms with Crippen LogP contribution in [0.5, 0.6) is 5.88 Å². The third-order valence-electron chi connectivity index (χ3n) is 3.19. The van der Waals surface area contributed by atoms with Crippen molar-refractivity contribution in [1.29, 1.82) is 0 Å². The molecule has 6 heteroatoms. The average molecular weight is 281 g/mol. The van der Waals surface area contributed by atoms with Crippen molar-refractivity contribution in [1.82, 2.24) is 9.88 Å². The summed E-state index contributed by atoms with van der Waals surface area (Å²) in [5, 5.41) is 0. The van der Waals surface area contributed by atoms with Gasteiger partial charge in [0, 0.05) is 11.6 Å². The fraction of sp³-hybridized carbons (Fsp3) is 0.571. The van der Waals surface area contributed by atoms with Gasteiger partial charge in [-0.25, -0.2) is 9.78 Å². The standard InChI is InChI=1S/C14H23N3O3/c1-6-19-13(18)10-7-12(16-8-11(10)15)20-9-14(2,3)17(4)5/h7-8H,6,9,15H2,1-5H3. The van der Waals surface area contributed by atoms with E-state index >= 15 is 0 Å². The molecule has 1 aromatic rings. The fourth-order valence-corrected chi connectivity index (χ4v) is 1.29. The number of pyridine rings is 1. The number of nitrogens with two attached hydrogens (primary N) is 1. The van der Waals surface area contributed by atoms with E-state index in [1.54, 1.807) is 6.92 Å². The lowest BCUT2D eigenvalue weighted by Gasteiger charge is -2.31. The first-order chi connectivity index (χ1) is 9.27. The maximum Gasteiger partial charge on any atom is 0.340 e. The van der Waals surface area contributed by atoms with Crippen LogP contribution in [-0.4, -0.2) is 48.7 Å². The second kappa shape index (κ2) is 6.56. The van der Waals surface area contributed by atoms with E-state index < -0.39 is 5.97 Å². The number of nitrogen functional groups attached to an aromatic ring is 1. The quantitative estimate of drug-likeness (QED) is 0.797. The van der Waals surface area contributed by atoms with Crippen LogP contribution < -0.4 is 10.5 Å². The minimum Gasteiger partial charge on any atom is -0.476 e. The number of carbonyl (C=O) groups excluding carboxylic acids is 1. The zero-order valence-electron chi connectivity index (χ0n) is 12.8. The van der Waals surface area contributed by atoms with Gasteiger partial charge in [-0.3, -0.25) is 0 Å². The van der Waals surface area contributed by atoms with Crippen LogP contribution in [0, 0.1) is 0 Å². The highest BCUT2D eigenvalue weighted by atomic mass is 16.5. The zero-order valence-corrected chi connectivity index (χ0v) is 12.8. The molecular formula is C14H23N3O3. The third-order valence-corrected chi connectivity index (χ3v) is 3.19. The molecule has 20 heavy (non-hydrogen) atoms. The number of nitrogens with zero attached hydrogens (tertiary/aromatic N) is 2. The largest absolute Gasteiger partial charge is 0.476 e. The second-order valence-corrected chi connectivity index (χ2v) is 5.33. The van der Waals surface area contributed by atoms with Gasteiger partial charge in [0.15, 0.2) is 0 Å². The first kappa shape index (κ1) is 16.2. The number of likely N-dealkylation sites (N-methyl/N-ethyl adjacent to an activating group) is 1. The highest BCUT2D eigenvalue weighted by Crippen LogP contribution is 2.19. The number of aromatic nitrogens is 1. The Kier molecular flexibility index (Phi) is 5.33. The number of carbonyl (C=O) groups is 1. The predicted molar refractivity (Wildman–Crippen MR) is 77.9 cm³/mol. The van der Waals surface area contributed by atoms with Gasteiger partial charge in [-0.05, 0) is 34.9 Å². The van der Waals surface area contributed by atoms with Crippen molar-refractivity contribution >= 4 is 11.7 Å². The lowest BCUT2D eigenvalue weighted by molar-refractivity contribution is 0.0526. The molecule has 0 saturated heterocycles. The Morgan fingerprint density at radius 1 is 1.45 bits per heavy atom. The summed E-state index contributed by atoms with van der Waals surface area (Å²) >= 11 is 0.